The second kappa shape index (κ2) is 4.03. The zero-order valence-corrected chi connectivity index (χ0v) is 9.77. The molecule has 0 amide bonds. The Morgan fingerprint density at radius 2 is 2.07 bits per heavy atom. The molecule has 0 saturated heterocycles. The maximum atomic E-state index is 5.75. The average molecular weight is 218 g/mol. The summed E-state index contributed by atoms with van der Waals surface area (Å²) in [6.07, 6.45) is 0.985. The van der Waals surface area contributed by atoms with Crippen molar-refractivity contribution >= 4 is 16.5 Å². The quantitative estimate of drug-likeness (QED) is 0.840. The van der Waals surface area contributed by atoms with E-state index >= 15 is 0 Å². The minimum absolute atomic E-state index is 0.658. The zero-order chi connectivity index (χ0) is 10.8. The molecule has 0 fully saturated rings. The molecule has 0 aliphatic rings. The van der Waals surface area contributed by atoms with Crippen molar-refractivity contribution in [2.24, 2.45) is 0 Å². The van der Waals surface area contributed by atoms with Crippen LogP contribution in [0.3, 0.4) is 0 Å². The van der Waals surface area contributed by atoms with E-state index in [9.17, 15) is 0 Å². The molecular formula is C12H14N2S. The Morgan fingerprint density at radius 3 is 2.73 bits per heavy atom. The van der Waals surface area contributed by atoms with E-state index in [1.807, 2.05) is 12.1 Å². The van der Waals surface area contributed by atoms with Gasteiger partial charge in [0.2, 0.25) is 0 Å². The number of aromatic nitrogens is 1. The summed E-state index contributed by atoms with van der Waals surface area (Å²) in [6.45, 7) is 4.24. The topological polar surface area (TPSA) is 38.9 Å². The summed E-state index contributed by atoms with van der Waals surface area (Å²) in [6, 6.07) is 8.28. The summed E-state index contributed by atoms with van der Waals surface area (Å²) >= 11 is 1.58. The standard InChI is InChI=1S/C12H14N2S/c1-3-10-11(14-12(13)15-10)9-7-5-4-6-8(9)2/h4-7H,3H2,1-2H3,(H2,13,14). The van der Waals surface area contributed by atoms with Gasteiger partial charge >= 0.3 is 0 Å². The van der Waals surface area contributed by atoms with E-state index in [2.05, 4.69) is 31.0 Å². The third-order valence-electron chi connectivity index (χ3n) is 2.44. The number of thiazole rings is 1. The molecule has 0 saturated carbocycles. The lowest BCUT2D eigenvalue weighted by atomic mass is 10.0. The van der Waals surface area contributed by atoms with Gasteiger partial charge in [0.05, 0.1) is 5.69 Å². The molecule has 2 rings (SSSR count). The van der Waals surface area contributed by atoms with Crippen LogP contribution >= 0.6 is 11.3 Å². The van der Waals surface area contributed by atoms with Gasteiger partial charge in [-0.2, -0.15) is 0 Å². The van der Waals surface area contributed by atoms with Crippen molar-refractivity contribution in [2.75, 3.05) is 5.73 Å². The summed E-state index contributed by atoms with van der Waals surface area (Å²) in [4.78, 5) is 5.67. The van der Waals surface area contributed by atoms with Crippen molar-refractivity contribution < 1.29 is 0 Å². The van der Waals surface area contributed by atoms with Gasteiger partial charge < -0.3 is 5.73 Å². The molecule has 0 unspecified atom stereocenters. The second-order valence-corrected chi connectivity index (χ2v) is 4.61. The Kier molecular flexibility index (Phi) is 2.73. The molecule has 2 nitrogen and oxygen atoms in total. The minimum atomic E-state index is 0.658. The van der Waals surface area contributed by atoms with Crippen molar-refractivity contribution in [3.8, 4) is 11.3 Å². The Morgan fingerprint density at radius 1 is 1.33 bits per heavy atom. The summed E-state index contributed by atoms with van der Waals surface area (Å²) in [5.41, 5.74) is 9.25. The third-order valence-corrected chi connectivity index (χ3v) is 3.46. The predicted octanol–water partition coefficient (Wildman–Crippen LogP) is 3.26. The molecule has 1 heterocycles. The number of nitrogens with zero attached hydrogens (tertiary/aromatic N) is 1. The number of rotatable bonds is 2. The van der Waals surface area contributed by atoms with Crippen LogP contribution in [0.4, 0.5) is 5.13 Å². The number of nitrogens with two attached hydrogens (primary N) is 1. The van der Waals surface area contributed by atoms with E-state index in [4.69, 9.17) is 5.73 Å². The van der Waals surface area contributed by atoms with Gasteiger partial charge in [-0.25, -0.2) is 4.98 Å². The van der Waals surface area contributed by atoms with Crippen molar-refractivity contribution in [2.45, 2.75) is 20.3 Å². The van der Waals surface area contributed by atoms with E-state index < -0.39 is 0 Å². The van der Waals surface area contributed by atoms with Crippen molar-refractivity contribution in [1.82, 2.24) is 4.98 Å². The molecule has 0 aliphatic heterocycles. The number of hydrogen-bond acceptors (Lipinski definition) is 3. The van der Waals surface area contributed by atoms with Gasteiger partial charge in [-0.15, -0.1) is 11.3 Å². The fourth-order valence-electron chi connectivity index (χ4n) is 1.66. The summed E-state index contributed by atoms with van der Waals surface area (Å²) in [5, 5.41) is 0.658. The summed E-state index contributed by atoms with van der Waals surface area (Å²) in [7, 11) is 0. The Labute approximate surface area is 93.8 Å². The Balaban J connectivity index is 2.58. The Bertz CT molecular complexity index is 474. The highest BCUT2D eigenvalue weighted by atomic mass is 32.1. The molecule has 0 atom stereocenters. The monoisotopic (exact) mass is 218 g/mol. The van der Waals surface area contributed by atoms with Crippen molar-refractivity contribution in [3.05, 3.63) is 34.7 Å². The largest absolute Gasteiger partial charge is 0.375 e. The molecule has 1 aromatic heterocycles. The van der Waals surface area contributed by atoms with Crippen LogP contribution in [0.25, 0.3) is 11.3 Å². The van der Waals surface area contributed by atoms with Gasteiger partial charge in [-0.3, -0.25) is 0 Å². The van der Waals surface area contributed by atoms with Gasteiger partial charge in [-0.05, 0) is 18.9 Å². The fraction of sp³-hybridized carbons (Fsp3) is 0.250. The zero-order valence-electron chi connectivity index (χ0n) is 8.95. The first-order valence-corrected chi connectivity index (χ1v) is 5.85. The maximum Gasteiger partial charge on any atom is 0.180 e. The lowest BCUT2D eigenvalue weighted by Gasteiger charge is -2.03. The van der Waals surface area contributed by atoms with Gasteiger partial charge in [-0.1, -0.05) is 31.2 Å². The Hall–Kier alpha value is -1.35. The molecule has 2 N–H and O–H groups in total. The molecule has 0 spiro atoms. The van der Waals surface area contributed by atoms with E-state index in [-0.39, 0.29) is 0 Å². The van der Waals surface area contributed by atoms with Crippen LogP contribution in [-0.4, -0.2) is 4.98 Å². The fourth-order valence-corrected chi connectivity index (χ4v) is 2.44. The van der Waals surface area contributed by atoms with Gasteiger partial charge in [0.15, 0.2) is 5.13 Å². The first kappa shape index (κ1) is 10.2. The van der Waals surface area contributed by atoms with Crippen molar-refractivity contribution in [1.29, 1.82) is 0 Å². The third kappa shape index (κ3) is 1.88. The number of hydrogen-bond donors (Lipinski definition) is 1. The predicted molar refractivity (Wildman–Crippen MR) is 66.1 cm³/mol. The molecule has 15 heavy (non-hydrogen) atoms. The SMILES string of the molecule is CCc1sc(N)nc1-c1ccccc1C. The van der Waals surface area contributed by atoms with E-state index in [1.54, 1.807) is 11.3 Å². The number of nitrogen functional groups attached to an aromatic ring is 1. The number of aryl methyl sites for hydroxylation is 2. The second-order valence-electron chi connectivity index (χ2n) is 3.49. The summed E-state index contributed by atoms with van der Waals surface area (Å²) in [5.74, 6) is 0. The molecule has 0 radical (unpaired) electrons. The first-order chi connectivity index (χ1) is 7.22. The first-order valence-electron chi connectivity index (χ1n) is 5.03. The highest BCUT2D eigenvalue weighted by molar-refractivity contribution is 7.15. The van der Waals surface area contributed by atoms with Crippen LogP contribution in [0.1, 0.15) is 17.4 Å². The molecule has 78 valence electrons. The van der Waals surface area contributed by atoms with Crippen molar-refractivity contribution in [3.63, 3.8) is 0 Å². The van der Waals surface area contributed by atoms with E-state index in [0.717, 1.165) is 12.1 Å². The molecule has 0 bridgehead atoms. The lowest BCUT2D eigenvalue weighted by Crippen LogP contribution is -1.88. The highest BCUT2D eigenvalue weighted by Crippen LogP contribution is 2.31. The van der Waals surface area contributed by atoms with Crippen LogP contribution in [-0.2, 0) is 6.42 Å². The molecule has 0 aliphatic carbocycles. The summed E-state index contributed by atoms with van der Waals surface area (Å²) < 4.78 is 0. The van der Waals surface area contributed by atoms with Gasteiger partial charge in [0.1, 0.15) is 0 Å². The molecule has 2 aromatic rings. The molecular weight excluding hydrogens is 204 g/mol. The van der Waals surface area contributed by atoms with Gasteiger partial charge in [0, 0.05) is 10.4 Å². The molecule has 1 aromatic carbocycles. The minimum Gasteiger partial charge on any atom is -0.375 e. The van der Waals surface area contributed by atoms with Crippen LogP contribution in [0.2, 0.25) is 0 Å². The van der Waals surface area contributed by atoms with E-state index in [0.29, 0.717) is 5.13 Å². The highest BCUT2D eigenvalue weighted by Gasteiger charge is 2.11. The average Bonchev–Trinajstić information content (AvgIpc) is 2.60. The van der Waals surface area contributed by atoms with Crippen LogP contribution in [0, 0.1) is 6.92 Å². The lowest BCUT2D eigenvalue weighted by molar-refractivity contribution is 1.17. The van der Waals surface area contributed by atoms with Crippen LogP contribution < -0.4 is 5.73 Å². The van der Waals surface area contributed by atoms with Crippen LogP contribution in [0.15, 0.2) is 24.3 Å². The van der Waals surface area contributed by atoms with E-state index in [1.165, 1.54) is 16.0 Å². The van der Waals surface area contributed by atoms with Crippen LogP contribution in [0.5, 0.6) is 0 Å². The number of anilines is 1. The smallest absolute Gasteiger partial charge is 0.180 e. The maximum absolute atomic E-state index is 5.75. The number of benzene rings is 1. The van der Waals surface area contributed by atoms with Gasteiger partial charge in [0.25, 0.3) is 0 Å². The normalized spacial score (nSPS) is 10.5. The molecule has 3 heteroatoms.